The summed E-state index contributed by atoms with van der Waals surface area (Å²) in [5.41, 5.74) is -1.37. The Morgan fingerprint density at radius 2 is 1.95 bits per heavy atom. The van der Waals surface area contributed by atoms with Crippen molar-refractivity contribution in [3.8, 4) is 0 Å². The van der Waals surface area contributed by atoms with Gasteiger partial charge in [-0.25, -0.2) is 0 Å². The molecular formula is C14H23NO4. The van der Waals surface area contributed by atoms with Gasteiger partial charge in [0.15, 0.2) is 0 Å². The van der Waals surface area contributed by atoms with Crippen molar-refractivity contribution in [1.29, 1.82) is 0 Å². The molecule has 1 unspecified atom stereocenters. The first kappa shape index (κ1) is 14.3. The molecule has 1 saturated carbocycles. The molecule has 1 aliphatic carbocycles. The van der Waals surface area contributed by atoms with Crippen molar-refractivity contribution in [2.75, 3.05) is 13.2 Å². The first-order valence-electron chi connectivity index (χ1n) is 6.90. The summed E-state index contributed by atoms with van der Waals surface area (Å²) >= 11 is 0. The minimum atomic E-state index is -0.832. The summed E-state index contributed by atoms with van der Waals surface area (Å²) in [5.74, 6) is -1.07. The zero-order valence-corrected chi connectivity index (χ0v) is 11.9. The van der Waals surface area contributed by atoms with Gasteiger partial charge in [0, 0.05) is 12.5 Å². The van der Waals surface area contributed by atoms with Gasteiger partial charge in [0.25, 0.3) is 0 Å². The van der Waals surface area contributed by atoms with Crippen LogP contribution in [0, 0.1) is 16.7 Å². The van der Waals surface area contributed by atoms with Gasteiger partial charge in [0.2, 0.25) is 5.91 Å². The zero-order valence-electron chi connectivity index (χ0n) is 11.9. The predicted octanol–water partition coefficient (Wildman–Crippen LogP) is 1.42. The third kappa shape index (κ3) is 2.24. The maximum atomic E-state index is 12.4. The molecule has 1 heterocycles. The molecule has 2 N–H and O–H groups in total. The summed E-state index contributed by atoms with van der Waals surface area (Å²) in [6, 6.07) is 0.0833. The predicted molar refractivity (Wildman–Crippen MR) is 69.6 cm³/mol. The first-order valence-corrected chi connectivity index (χ1v) is 6.90. The zero-order chi connectivity index (χ0) is 14.3. The van der Waals surface area contributed by atoms with Crippen LogP contribution in [-0.4, -0.2) is 36.2 Å². The van der Waals surface area contributed by atoms with Crippen molar-refractivity contribution < 1.29 is 19.4 Å². The highest BCUT2D eigenvalue weighted by Gasteiger charge is 2.58. The van der Waals surface area contributed by atoms with E-state index < -0.39 is 16.8 Å². The second-order valence-corrected chi connectivity index (χ2v) is 6.52. The summed E-state index contributed by atoms with van der Waals surface area (Å²) < 4.78 is 5.24. The lowest BCUT2D eigenvalue weighted by Crippen LogP contribution is -2.47. The fourth-order valence-electron chi connectivity index (χ4n) is 3.29. The molecule has 1 aliphatic heterocycles. The van der Waals surface area contributed by atoms with E-state index >= 15 is 0 Å². The summed E-state index contributed by atoms with van der Waals surface area (Å²) in [5, 5.41) is 12.4. The lowest BCUT2D eigenvalue weighted by atomic mass is 9.65. The third-order valence-electron chi connectivity index (χ3n) is 5.29. The number of carboxylic acid groups (broad SMARTS) is 1. The number of aliphatic carboxylic acids is 1. The molecule has 0 aromatic carbocycles. The first-order chi connectivity index (χ1) is 8.79. The van der Waals surface area contributed by atoms with Crippen LogP contribution in [0.15, 0.2) is 0 Å². The average molecular weight is 269 g/mol. The van der Waals surface area contributed by atoms with E-state index in [1.165, 1.54) is 0 Å². The minimum Gasteiger partial charge on any atom is -0.481 e. The van der Waals surface area contributed by atoms with Crippen molar-refractivity contribution in [3.05, 3.63) is 0 Å². The standard InChI is InChI=1S/C14H23NO4/c1-13(2)10(4-6-14(13,3)12(17)18)11(16)15-9-5-7-19-8-9/h9-10H,4-8H2,1-3H3,(H,15,16)(H,17,18)/t9?,10-,14+/m1/s1. The molecule has 2 rings (SSSR count). The molecule has 3 atom stereocenters. The molecule has 0 spiro atoms. The second-order valence-electron chi connectivity index (χ2n) is 6.52. The number of carbonyl (C=O) groups is 2. The number of hydrogen-bond donors (Lipinski definition) is 2. The number of rotatable bonds is 3. The number of amides is 1. The summed E-state index contributed by atoms with van der Waals surface area (Å²) in [6.45, 7) is 6.79. The Kier molecular flexibility index (Phi) is 3.60. The van der Waals surface area contributed by atoms with E-state index in [-0.39, 0.29) is 17.9 Å². The molecule has 0 aromatic heterocycles. The molecule has 5 nitrogen and oxygen atoms in total. The third-order valence-corrected chi connectivity index (χ3v) is 5.29. The lowest BCUT2D eigenvalue weighted by Gasteiger charge is -2.38. The molecule has 5 heteroatoms. The monoisotopic (exact) mass is 269 g/mol. The van der Waals surface area contributed by atoms with Gasteiger partial charge in [-0.05, 0) is 31.6 Å². The van der Waals surface area contributed by atoms with Crippen LogP contribution in [0.4, 0.5) is 0 Å². The molecule has 108 valence electrons. The Labute approximate surface area is 113 Å². The average Bonchev–Trinajstić information content (AvgIpc) is 2.87. The Hall–Kier alpha value is -1.10. The quantitative estimate of drug-likeness (QED) is 0.812. The van der Waals surface area contributed by atoms with Crippen LogP contribution in [-0.2, 0) is 14.3 Å². The minimum absolute atomic E-state index is 0.0227. The Bertz CT molecular complexity index is 387. The molecule has 19 heavy (non-hydrogen) atoms. The maximum absolute atomic E-state index is 12.4. The van der Waals surface area contributed by atoms with Crippen molar-refractivity contribution in [2.24, 2.45) is 16.7 Å². The van der Waals surface area contributed by atoms with Gasteiger partial charge in [0.1, 0.15) is 0 Å². The topological polar surface area (TPSA) is 75.6 Å². The van der Waals surface area contributed by atoms with Crippen molar-refractivity contribution in [2.45, 2.75) is 46.1 Å². The van der Waals surface area contributed by atoms with Crippen LogP contribution in [0.3, 0.4) is 0 Å². The Balaban J connectivity index is 2.09. The van der Waals surface area contributed by atoms with Gasteiger partial charge in [-0.1, -0.05) is 13.8 Å². The SMILES string of the molecule is CC1(C)[C@@H](C(=O)NC2CCOC2)CC[C@@]1(C)C(=O)O. The fourth-order valence-corrected chi connectivity index (χ4v) is 3.29. The van der Waals surface area contributed by atoms with Crippen molar-refractivity contribution in [1.82, 2.24) is 5.32 Å². The van der Waals surface area contributed by atoms with Crippen LogP contribution in [0.2, 0.25) is 0 Å². The second kappa shape index (κ2) is 4.78. The molecule has 0 radical (unpaired) electrons. The molecule has 0 bridgehead atoms. The maximum Gasteiger partial charge on any atom is 0.309 e. The van der Waals surface area contributed by atoms with E-state index in [0.717, 1.165) is 6.42 Å². The highest BCUT2D eigenvalue weighted by molar-refractivity contribution is 5.84. The van der Waals surface area contributed by atoms with E-state index in [0.29, 0.717) is 26.1 Å². The molecule has 0 aromatic rings. The molecule has 2 aliphatic rings. The number of ether oxygens (including phenoxy) is 1. The highest BCUT2D eigenvalue weighted by atomic mass is 16.5. The molecular weight excluding hydrogens is 246 g/mol. The van der Waals surface area contributed by atoms with E-state index in [2.05, 4.69) is 5.32 Å². The normalized spacial score (nSPS) is 37.2. The molecule has 1 saturated heterocycles. The van der Waals surface area contributed by atoms with Gasteiger partial charge in [-0.2, -0.15) is 0 Å². The summed E-state index contributed by atoms with van der Waals surface area (Å²) in [4.78, 5) is 23.9. The van der Waals surface area contributed by atoms with Gasteiger partial charge >= 0.3 is 5.97 Å². The van der Waals surface area contributed by atoms with Crippen LogP contribution in [0.25, 0.3) is 0 Å². The largest absolute Gasteiger partial charge is 0.481 e. The van der Waals surface area contributed by atoms with Gasteiger partial charge in [-0.15, -0.1) is 0 Å². The van der Waals surface area contributed by atoms with Gasteiger partial charge in [-0.3, -0.25) is 9.59 Å². The van der Waals surface area contributed by atoms with Crippen LogP contribution in [0.1, 0.15) is 40.0 Å². The van der Waals surface area contributed by atoms with Gasteiger partial charge in [0.05, 0.1) is 18.1 Å². The number of nitrogens with one attached hydrogen (secondary N) is 1. The number of hydrogen-bond acceptors (Lipinski definition) is 3. The smallest absolute Gasteiger partial charge is 0.309 e. The van der Waals surface area contributed by atoms with Crippen LogP contribution in [0.5, 0.6) is 0 Å². The van der Waals surface area contributed by atoms with E-state index in [1.807, 2.05) is 13.8 Å². The fraction of sp³-hybridized carbons (Fsp3) is 0.857. The Morgan fingerprint density at radius 1 is 1.26 bits per heavy atom. The molecule has 1 amide bonds. The van der Waals surface area contributed by atoms with Crippen molar-refractivity contribution >= 4 is 11.9 Å². The molecule has 2 fully saturated rings. The summed E-state index contributed by atoms with van der Waals surface area (Å²) in [6.07, 6.45) is 2.03. The number of carbonyl (C=O) groups excluding carboxylic acids is 1. The van der Waals surface area contributed by atoms with E-state index in [9.17, 15) is 14.7 Å². The lowest BCUT2D eigenvalue weighted by molar-refractivity contribution is -0.155. The van der Waals surface area contributed by atoms with E-state index in [1.54, 1.807) is 6.92 Å². The van der Waals surface area contributed by atoms with Gasteiger partial charge < -0.3 is 15.2 Å². The van der Waals surface area contributed by atoms with E-state index in [4.69, 9.17) is 4.74 Å². The summed E-state index contributed by atoms with van der Waals surface area (Å²) in [7, 11) is 0. The Morgan fingerprint density at radius 3 is 2.42 bits per heavy atom. The highest BCUT2D eigenvalue weighted by Crippen LogP contribution is 2.56. The van der Waals surface area contributed by atoms with Crippen LogP contribution < -0.4 is 5.32 Å². The number of carboxylic acids is 1. The van der Waals surface area contributed by atoms with Crippen LogP contribution >= 0.6 is 0 Å². The van der Waals surface area contributed by atoms with Crippen molar-refractivity contribution in [3.63, 3.8) is 0 Å².